The smallest absolute Gasteiger partial charge is 0.252 e. The quantitative estimate of drug-likeness (QED) is 0.0849. The second-order valence-electron chi connectivity index (χ2n) is 20.7. The summed E-state index contributed by atoms with van der Waals surface area (Å²) in [4.78, 5) is 7.64. The largest absolute Gasteiger partial charge is 0.456 e. The van der Waals surface area contributed by atoms with E-state index in [1.807, 2.05) is 0 Å². The predicted molar refractivity (Wildman–Crippen MR) is 311 cm³/mol. The van der Waals surface area contributed by atoms with Crippen molar-refractivity contribution in [1.82, 2.24) is 0 Å². The molecule has 72 heavy (non-hydrogen) atoms. The van der Waals surface area contributed by atoms with E-state index in [1.165, 1.54) is 110 Å². The van der Waals surface area contributed by atoms with Gasteiger partial charge in [-0.1, -0.05) is 151 Å². The summed E-state index contributed by atoms with van der Waals surface area (Å²) in [6.07, 6.45) is 10.4. The fraction of sp³-hybridized carbons (Fsp3) is 0.284. The molecule has 11 rings (SSSR count). The average Bonchev–Trinajstić information content (AvgIpc) is 3.80. The van der Waals surface area contributed by atoms with E-state index < -0.39 is 0 Å². The topological polar surface area (TPSA) is 22.9 Å². The average molecular weight is 944 g/mol. The maximum Gasteiger partial charge on any atom is 0.252 e. The SMILES string of the molecule is CCCC(CC)c1ccc(N2c3ccc(C)cc3B3c4ccc5oc6ccc(C(CC)CCC)cc6c5c4N(c4ccc(C(CC)CCC)cc4)c4cc(N(c5ccccc5)c5ccccc5)cc2c43)cc1. The molecule has 3 atom stereocenters. The molecule has 2 aliphatic rings. The molecule has 5 heteroatoms. The number of hydrogen-bond donors (Lipinski definition) is 0. The molecule has 3 heterocycles. The molecule has 362 valence electrons. The van der Waals surface area contributed by atoms with Crippen molar-refractivity contribution in [3.05, 3.63) is 192 Å². The molecule has 0 N–H and O–H groups in total. The van der Waals surface area contributed by atoms with Crippen molar-refractivity contribution in [1.29, 1.82) is 0 Å². The van der Waals surface area contributed by atoms with Crippen LogP contribution in [0.15, 0.2) is 174 Å². The Balaban J connectivity index is 1.26. The van der Waals surface area contributed by atoms with E-state index >= 15 is 0 Å². The van der Waals surface area contributed by atoms with Crippen molar-refractivity contribution in [3.8, 4) is 0 Å². The summed E-state index contributed by atoms with van der Waals surface area (Å²) in [5, 5.41) is 2.37. The van der Waals surface area contributed by atoms with Crippen LogP contribution in [0.1, 0.15) is 139 Å². The van der Waals surface area contributed by atoms with Crippen LogP contribution in [0.5, 0.6) is 0 Å². The van der Waals surface area contributed by atoms with Crippen LogP contribution in [0.2, 0.25) is 0 Å². The van der Waals surface area contributed by atoms with E-state index in [9.17, 15) is 0 Å². The van der Waals surface area contributed by atoms with Crippen LogP contribution in [-0.4, -0.2) is 6.71 Å². The van der Waals surface area contributed by atoms with Crippen LogP contribution in [-0.2, 0) is 0 Å². The number of anilines is 9. The van der Waals surface area contributed by atoms with Gasteiger partial charge in [0, 0.05) is 45.2 Å². The van der Waals surface area contributed by atoms with Gasteiger partial charge in [0.1, 0.15) is 11.2 Å². The first kappa shape index (κ1) is 47.4. The molecule has 0 saturated heterocycles. The van der Waals surface area contributed by atoms with Crippen LogP contribution < -0.4 is 31.1 Å². The number of nitrogens with zero attached hydrogens (tertiary/aromatic N) is 3. The van der Waals surface area contributed by atoms with Crippen LogP contribution in [0, 0.1) is 6.92 Å². The number of hydrogen-bond acceptors (Lipinski definition) is 4. The minimum Gasteiger partial charge on any atom is -0.456 e. The number of furan rings is 1. The summed E-state index contributed by atoms with van der Waals surface area (Å²) < 4.78 is 6.97. The van der Waals surface area contributed by atoms with Gasteiger partial charge in [0.15, 0.2) is 0 Å². The first-order chi connectivity index (χ1) is 35.4. The monoisotopic (exact) mass is 944 g/mol. The van der Waals surface area contributed by atoms with Crippen LogP contribution >= 0.6 is 0 Å². The van der Waals surface area contributed by atoms with Gasteiger partial charge < -0.3 is 19.1 Å². The lowest BCUT2D eigenvalue weighted by atomic mass is 9.33. The van der Waals surface area contributed by atoms with Gasteiger partial charge in [-0.25, -0.2) is 0 Å². The summed E-state index contributed by atoms with van der Waals surface area (Å²) in [5.41, 5.74) is 21.7. The molecule has 9 aromatic rings. The highest BCUT2D eigenvalue weighted by molar-refractivity contribution is 7.00. The lowest BCUT2D eigenvalue weighted by Gasteiger charge is -2.45. The molecule has 2 aliphatic heterocycles. The van der Waals surface area contributed by atoms with E-state index in [4.69, 9.17) is 4.42 Å². The summed E-state index contributed by atoms with van der Waals surface area (Å²) in [6.45, 7) is 16.1. The molecule has 0 aliphatic carbocycles. The van der Waals surface area contributed by atoms with E-state index in [-0.39, 0.29) is 6.71 Å². The minimum atomic E-state index is -0.0500. The molecule has 4 nitrogen and oxygen atoms in total. The highest BCUT2D eigenvalue weighted by Gasteiger charge is 2.45. The van der Waals surface area contributed by atoms with Gasteiger partial charge in [-0.2, -0.15) is 0 Å². The molecule has 3 unspecified atom stereocenters. The van der Waals surface area contributed by atoms with Gasteiger partial charge in [-0.15, -0.1) is 0 Å². The Labute approximate surface area is 429 Å². The third kappa shape index (κ3) is 8.29. The van der Waals surface area contributed by atoms with Gasteiger partial charge in [-0.3, -0.25) is 0 Å². The van der Waals surface area contributed by atoms with Gasteiger partial charge >= 0.3 is 0 Å². The fourth-order valence-corrected chi connectivity index (χ4v) is 12.7. The second kappa shape index (κ2) is 20.3. The van der Waals surface area contributed by atoms with Crippen molar-refractivity contribution in [3.63, 3.8) is 0 Å². The normalized spacial score (nSPS) is 14.0. The highest BCUT2D eigenvalue weighted by atomic mass is 16.3. The van der Waals surface area contributed by atoms with Gasteiger partial charge in [0.25, 0.3) is 6.71 Å². The molecule has 0 bridgehead atoms. The van der Waals surface area contributed by atoms with E-state index in [0.717, 1.165) is 59.6 Å². The molecule has 1 aromatic heterocycles. The standard InChI is InChI=1S/C67H70BN3O/c1-8-20-46(11-4)49-28-33-54(34-29-49)70-60-38-27-45(7)41-59(60)68-58-37-40-64-65(57-42-51(32-39-63(57)72-64)48(13-6)22-10-3)67(58)71(55-35-30-50(31-36-55)47(12-5)21-9-2)62-44-56(43-61(70)66(62)68)69(52-23-16-14-17-24-52)53-25-18-15-19-26-53/h14-19,23-44,46-48H,8-13,20-22H2,1-7H3. The first-order valence-corrected chi connectivity index (χ1v) is 27.4. The molecular formula is C67H70BN3O. The maximum atomic E-state index is 6.97. The van der Waals surface area contributed by atoms with Gasteiger partial charge in [0.05, 0.1) is 16.8 Å². The Hall–Kier alpha value is -6.98. The zero-order valence-electron chi connectivity index (χ0n) is 43.6. The number of fused-ring (bicyclic) bond motifs is 8. The maximum absolute atomic E-state index is 6.97. The third-order valence-corrected chi connectivity index (χ3v) is 16.2. The molecular weight excluding hydrogens is 874 g/mol. The van der Waals surface area contributed by atoms with E-state index in [1.54, 1.807) is 0 Å². The second-order valence-corrected chi connectivity index (χ2v) is 20.7. The molecule has 0 radical (unpaired) electrons. The Bertz CT molecular complexity index is 3300. The Kier molecular flexibility index (Phi) is 13.3. The van der Waals surface area contributed by atoms with E-state index in [0.29, 0.717) is 17.8 Å². The molecule has 8 aromatic carbocycles. The number of benzene rings is 8. The van der Waals surface area contributed by atoms with Gasteiger partial charge in [-0.05, 0) is 181 Å². The van der Waals surface area contributed by atoms with Crippen LogP contribution in [0.4, 0.5) is 51.2 Å². The van der Waals surface area contributed by atoms with Crippen molar-refractivity contribution in [2.24, 2.45) is 0 Å². The van der Waals surface area contributed by atoms with Crippen molar-refractivity contribution < 1.29 is 4.42 Å². The minimum absolute atomic E-state index is 0.0500. The molecule has 0 fully saturated rings. The summed E-state index contributed by atoms with van der Waals surface area (Å²) >= 11 is 0. The lowest BCUT2D eigenvalue weighted by molar-refractivity contribution is 0.596. The Morgan fingerprint density at radius 1 is 0.458 bits per heavy atom. The first-order valence-electron chi connectivity index (χ1n) is 27.4. The summed E-state index contributed by atoms with van der Waals surface area (Å²) in [5.74, 6) is 1.56. The predicted octanol–water partition coefficient (Wildman–Crippen LogP) is 18.3. The zero-order valence-corrected chi connectivity index (χ0v) is 43.6. The van der Waals surface area contributed by atoms with Crippen LogP contribution in [0.25, 0.3) is 21.9 Å². The van der Waals surface area contributed by atoms with E-state index in [2.05, 4.69) is 233 Å². The fourth-order valence-electron chi connectivity index (χ4n) is 12.7. The number of para-hydroxylation sites is 2. The lowest BCUT2D eigenvalue weighted by Crippen LogP contribution is -2.61. The zero-order chi connectivity index (χ0) is 49.5. The van der Waals surface area contributed by atoms with Crippen molar-refractivity contribution in [2.75, 3.05) is 14.7 Å². The Morgan fingerprint density at radius 2 is 0.972 bits per heavy atom. The third-order valence-electron chi connectivity index (χ3n) is 16.2. The Morgan fingerprint density at radius 3 is 1.53 bits per heavy atom. The highest BCUT2D eigenvalue weighted by Crippen LogP contribution is 2.51. The summed E-state index contributed by atoms with van der Waals surface area (Å²) in [6, 6.07) is 64.8. The number of rotatable bonds is 17. The summed E-state index contributed by atoms with van der Waals surface area (Å²) in [7, 11) is 0. The molecule has 0 amide bonds. The molecule has 0 spiro atoms. The van der Waals surface area contributed by atoms with Gasteiger partial charge in [0.2, 0.25) is 0 Å². The van der Waals surface area contributed by atoms with Crippen molar-refractivity contribution >= 4 is 96.2 Å². The van der Waals surface area contributed by atoms with Crippen LogP contribution in [0.3, 0.4) is 0 Å². The molecule has 0 saturated carbocycles. The number of aryl methyl sites for hydroxylation is 1. The van der Waals surface area contributed by atoms with Crippen molar-refractivity contribution in [2.45, 2.75) is 124 Å².